The van der Waals surface area contributed by atoms with Crippen LogP contribution in [-0.2, 0) is 47.5 Å². The number of hydrogen-bond donors (Lipinski definition) is 1. The van der Waals surface area contributed by atoms with Crippen molar-refractivity contribution >= 4 is 46.4 Å². The average molecular weight is 972 g/mol. The number of benzene rings is 4. The van der Waals surface area contributed by atoms with Gasteiger partial charge in [-0.05, 0) is 150 Å². The summed E-state index contributed by atoms with van der Waals surface area (Å²) in [7, 11) is 0. The van der Waals surface area contributed by atoms with Gasteiger partial charge in [-0.25, -0.2) is 9.97 Å². The van der Waals surface area contributed by atoms with E-state index in [9.17, 15) is 0 Å². The standard InChI is InChI=1S/C69H73N5/c1-66(2,3)51-21-13-45(14-22-51)37-50-40-59-42-57-30-29-55(71-57)41-56-31-32-58(72-56)43-62-63(49-33-35-70-36-34-49)60(38-46-15-23-52(24-16-46)67(4,5)6)65(74(62)44-48-19-27-54(28-20-48)69(10,11)12)61(64(50)73-59)39-47-17-25-53(26-18-47)68(7,8)9/h13-36,40-43,73H,37-39,44H2,1-12H3. The fraction of sp³-hybridized carbons (Fsp3) is 0.290. The van der Waals surface area contributed by atoms with Crippen LogP contribution in [0.1, 0.15) is 167 Å². The van der Waals surface area contributed by atoms with Crippen LogP contribution in [0.2, 0.25) is 0 Å². The number of rotatable bonds is 9. The van der Waals surface area contributed by atoms with E-state index in [2.05, 4.69) is 255 Å². The van der Waals surface area contributed by atoms with Crippen LogP contribution in [0, 0.1) is 0 Å². The van der Waals surface area contributed by atoms with E-state index in [0.717, 1.165) is 51.3 Å². The van der Waals surface area contributed by atoms with Gasteiger partial charge in [0.1, 0.15) is 0 Å². The van der Waals surface area contributed by atoms with Crippen molar-refractivity contribution in [2.24, 2.45) is 0 Å². The number of pyridine rings is 1. The van der Waals surface area contributed by atoms with Gasteiger partial charge in [0.25, 0.3) is 0 Å². The van der Waals surface area contributed by atoms with E-state index in [1.165, 1.54) is 72.3 Å². The molecule has 0 saturated carbocycles. The Morgan fingerprint density at radius 3 is 1.28 bits per heavy atom. The number of aromatic nitrogens is 5. The molecule has 8 bridgehead atoms. The lowest BCUT2D eigenvalue weighted by molar-refractivity contribution is 0.589. The maximum absolute atomic E-state index is 5.28. The minimum Gasteiger partial charge on any atom is -0.355 e. The second-order valence-electron chi connectivity index (χ2n) is 24.9. The van der Waals surface area contributed by atoms with Crippen molar-refractivity contribution in [1.82, 2.24) is 24.5 Å². The number of H-pyrrole nitrogens is 1. The molecule has 0 aliphatic carbocycles. The lowest BCUT2D eigenvalue weighted by atomic mass is 9.85. The summed E-state index contributed by atoms with van der Waals surface area (Å²) in [6, 6.07) is 50.7. The van der Waals surface area contributed by atoms with Gasteiger partial charge in [-0.2, -0.15) is 0 Å². The Hall–Kier alpha value is -7.37. The zero-order valence-corrected chi connectivity index (χ0v) is 45.8. The second-order valence-corrected chi connectivity index (χ2v) is 24.9. The summed E-state index contributed by atoms with van der Waals surface area (Å²) in [4.78, 5) is 19.1. The van der Waals surface area contributed by atoms with Crippen LogP contribution in [0.4, 0.5) is 0 Å². The van der Waals surface area contributed by atoms with Crippen LogP contribution in [0.15, 0.2) is 146 Å². The molecule has 0 spiro atoms. The van der Waals surface area contributed by atoms with E-state index in [0.29, 0.717) is 19.4 Å². The van der Waals surface area contributed by atoms with E-state index in [1.807, 2.05) is 12.4 Å². The fourth-order valence-corrected chi connectivity index (χ4v) is 10.5. The molecule has 0 fully saturated rings. The summed E-state index contributed by atoms with van der Waals surface area (Å²) in [6.45, 7) is 28.1. The monoisotopic (exact) mass is 972 g/mol. The zero-order valence-electron chi connectivity index (χ0n) is 45.8. The minimum absolute atomic E-state index is 0.0197. The van der Waals surface area contributed by atoms with Gasteiger partial charge in [0, 0.05) is 53.9 Å². The largest absolute Gasteiger partial charge is 0.355 e. The predicted molar refractivity (Wildman–Crippen MR) is 314 cm³/mol. The van der Waals surface area contributed by atoms with Gasteiger partial charge >= 0.3 is 0 Å². The average Bonchev–Trinajstić information content (AvgIpc) is 4.15. The van der Waals surface area contributed by atoms with Gasteiger partial charge in [-0.3, -0.25) is 4.98 Å². The highest BCUT2D eigenvalue weighted by Crippen LogP contribution is 2.41. The van der Waals surface area contributed by atoms with Gasteiger partial charge < -0.3 is 9.55 Å². The third kappa shape index (κ3) is 10.9. The molecule has 6 heterocycles. The fourth-order valence-electron chi connectivity index (χ4n) is 10.5. The van der Waals surface area contributed by atoms with Gasteiger partial charge in [-0.1, -0.05) is 180 Å². The summed E-state index contributed by atoms with van der Waals surface area (Å²) in [5, 5.41) is 0. The Kier molecular flexibility index (Phi) is 13.2. The highest BCUT2D eigenvalue weighted by Gasteiger charge is 2.26. The van der Waals surface area contributed by atoms with Crippen LogP contribution < -0.4 is 0 Å². The third-order valence-electron chi connectivity index (χ3n) is 14.9. The van der Waals surface area contributed by atoms with E-state index in [4.69, 9.17) is 9.97 Å². The highest BCUT2D eigenvalue weighted by molar-refractivity contribution is 5.96. The Morgan fingerprint density at radius 2 is 0.824 bits per heavy atom. The number of hydrogen-bond acceptors (Lipinski definition) is 3. The van der Waals surface area contributed by atoms with Crippen molar-refractivity contribution in [2.75, 3.05) is 0 Å². The van der Waals surface area contributed by atoms with Gasteiger partial charge in [-0.15, -0.1) is 0 Å². The van der Waals surface area contributed by atoms with E-state index in [1.54, 1.807) is 0 Å². The molecule has 0 amide bonds. The molecular formula is C69H73N5. The van der Waals surface area contributed by atoms with Crippen LogP contribution in [-0.4, -0.2) is 24.5 Å². The molecule has 74 heavy (non-hydrogen) atoms. The maximum Gasteiger partial charge on any atom is 0.0659 e. The molecule has 0 unspecified atom stereocenters. The topological polar surface area (TPSA) is 59.4 Å². The molecule has 5 nitrogen and oxygen atoms in total. The molecule has 5 heteroatoms. The number of fused-ring (bicyclic) bond motifs is 8. The van der Waals surface area contributed by atoms with E-state index >= 15 is 0 Å². The van der Waals surface area contributed by atoms with Crippen LogP contribution >= 0.6 is 0 Å². The Labute approximate surface area is 440 Å². The van der Waals surface area contributed by atoms with Crippen LogP contribution in [0.5, 0.6) is 0 Å². The van der Waals surface area contributed by atoms with Gasteiger partial charge in [0.2, 0.25) is 0 Å². The van der Waals surface area contributed by atoms with E-state index in [-0.39, 0.29) is 21.7 Å². The molecule has 8 aromatic rings. The molecular weight excluding hydrogens is 899 g/mol. The second kappa shape index (κ2) is 19.5. The first-order chi connectivity index (χ1) is 35.1. The maximum atomic E-state index is 5.28. The zero-order chi connectivity index (χ0) is 52.2. The highest BCUT2D eigenvalue weighted by atomic mass is 15.0. The first-order valence-electron chi connectivity index (χ1n) is 26.6. The number of nitrogens with one attached hydrogen (secondary N) is 1. The molecule has 0 saturated heterocycles. The Bertz CT molecular complexity index is 3570. The van der Waals surface area contributed by atoms with Crippen molar-refractivity contribution in [3.05, 3.63) is 230 Å². The lowest BCUT2D eigenvalue weighted by Crippen LogP contribution is -2.11. The predicted octanol–water partition coefficient (Wildman–Crippen LogP) is 17.2. The van der Waals surface area contributed by atoms with Crippen molar-refractivity contribution < 1.29 is 0 Å². The van der Waals surface area contributed by atoms with Crippen LogP contribution in [0.25, 0.3) is 57.5 Å². The quantitative estimate of drug-likeness (QED) is 0.157. The Balaban J connectivity index is 1.39. The normalized spacial score (nSPS) is 13.0. The van der Waals surface area contributed by atoms with Crippen LogP contribution in [0.3, 0.4) is 0 Å². The summed E-state index contributed by atoms with van der Waals surface area (Å²) in [5.41, 5.74) is 24.5. The van der Waals surface area contributed by atoms with Crippen molar-refractivity contribution in [1.29, 1.82) is 0 Å². The molecule has 2 aliphatic rings. The van der Waals surface area contributed by atoms with Gasteiger partial charge in [0.05, 0.1) is 33.8 Å². The molecule has 4 aromatic heterocycles. The van der Waals surface area contributed by atoms with Crippen molar-refractivity contribution in [3.63, 3.8) is 0 Å². The summed E-state index contributed by atoms with van der Waals surface area (Å²) >= 11 is 0. The SMILES string of the molecule is CC(C)(C)c1ccc(Cc2cc3cc4nc(cc5nc(cc6c(-c7ccncc7)c(Cc7ccc(C(C)(C)C)cc7)c(c(Cc7ccc(C(C)(C)C)cc7)c2[nH]3)n6Cc2ccc(C(C)(C)C)cc2)C=C5)C=C4)cc1. The minimum atomic E-state index is 0.0197. The summed E-state index contributed by atoms with van der Waals surface area (Å²) in [5.74, 6) is 0. The van der Waals surface area contributed by atoms with Crippen molar-refractivity contribution in [2.45, 2.75) is 131 Å². The number of aromatic amines is 1. The molecule has 2 aliphatic heterocycles. The third-order valence-corrected chi connectivity index (χ3v) is 14.9. The lowest BCUT2D eigenvalue weighted by Gasteiger charge is -2.20. The smallest absolute Gasteiger partial charge is 0.0659 e. The first-order valence-corrected chi connectivity index (χ1v) is 26.6. The molecule has 10 rings (SSSR count). The molecule has 1 N–H and O–H groups in total. The molecule has 0 atom stereocenters. The Morgan fingerprint density at radius 1 is 0.419 bits per heavy atom. The summed E-state index contributed by atoms with van der Waals surface area (Å²) in [6.07, 6.45) is 14.5. The molecule has 0 radical (unpaired) electrons. The van der Waals surface area contributed by atoms with Gasteiger partial charge in [0.15, 0.2) is 0 Å². The van der Waals surface area contributed by atoms with E-state index < -0.39 is 0 Å². The summed E-state index contributed by atoms with van der Waals surface area (Å²) < 4.78 is 2.62. The molecule has 374 valence electrons. The first kappa shape index (κ1) is 50.2. The van der Waals surface area contributed by atoms with Crippen molar-refractivity contribution in [3.8, 4) is 11.1 Å². The number of nitrogens with zero attached hydrogens (tertiary/aromatic N) is 4. The molecule has 4 aromatic carbocycles.